The first-order valence-corrected chi connectivity index (χ1v) is 13.1. The number of rotatable bonds is 6. The Kier molecular flexibility index (Phi) is 6.50. The van der Waals surface area contributed by atoms with Crippen LogP contribution < -0.4 is 10.2 Å². The summed E-state index contributed by atoms with van der Waals surface area (Å²) in [5, 5.41) is 2.97. The minimum absolute atomic E-state index is 0.0696. The molecule has 0 aliphatic carbocycles. The maximum atomic E-state index is 13.2. The van der Waals surface area contributed by atoms with Crippen molar-refractivity contribution in [1.82, 2.24) is 8.87 Å². The molecule has 0 unspecified atom stereocenters. The fraction of sp³-hybridized carbons (Fsp3) is 0.391. The summed E-state index contributed by atoms with van der Waals surface area (Å²) < 4.78 is 30.2. The average molecular weight is 474 g/mol. The van der Waals surface area contributed by atoms with Crippen LogP contribution in [-0.4, -0.2) is 36.3 Å². The van der Waals surface area contributed by atoms with Crippen LogP contribution in [0.4, 0.5) is 5.69 Å². The maximum absolute atomic E-state index is 13.2. The largest absolute Gasteiger partial charge is 0.326 e. The summed E-state index contributed by atoms with van der Waals surface area (Å²) in [4.78, 5) is 25.0. The van der Waals surface area contributed by atoms with Crippen LogP contribution in [0.5, 0.6) is 0 Å². The minimum Gasteiger partial charge on any atom is -0.326 e. The van der Waals surface area contributed by atoms with E-state index < -0.39 is 10.0 Å². The van der Waals surface area contributed by atoms with Gasteiger partial charge in [-0.3, -0.25) is 14.2 Å². The number of nitrogens with one attached hydrogen (secondary N) is 1. The van der Waals surface area contributed by atoms with Gasteiger partial charge in [-0.15, -0.1) is 0 Å². The van der Waals surface area contributed by atoms with Crippen molar-refractivity contribution in [3.05, 3.63) is 57.7 Å². The lowest BCUT2D eigenvalue weighted by Crippen LogP contribution is -2.41. The molecule has 4 rings (SSSR count). The lowest BCUT2D eigenvalue weighted by atomic mass is 9.97. The van der Waals surface area contributed by atoms with E-state index in [0.717, 1.165) is 34.5 Å². The van der Waals surface area contributed by atoms with Gasteiger partial charge in [-0.1, -0.05) is 36.5 Å². The molecule has 7 nitrogen and oxygen atoms in total. The molecule has 0 bridgehead atoms. The van der Waals surface area contributed by atoms with E-state index in [9.17, 15) is 18.0 Å². The quantitative estimate of drug-likeness (QED) is 0.589. The van der Waals surface area contributed by atoms with Gasteiger partial charge >= 0.3 is 4.87 Å². The van der Waals surface area contributed by atoms with E-state index in [1.165, 1.54) is 4.31 Å². The number of sulfonamides is 1. The molecule has 9 heteroatoms. The highest BCUT2D eigenvalue weighted by Crippen LogP contribution is 2.28. The molecule has 1 aliphatic heterocycles. The number of fused-ring (bicyclic) bond motifs is 1. The summed E-state index contributed by atoms with van der Waals surface area (Å²) in [6.45, 7) is 5.13. The molecular weight excluding hydrogens is 446 g/mol. The number of amides is 1. The zero-order valence-corrected chi connectivity index (χ0v) is 19.8. The third-order valence-electron chi connectivity index (χ3n) is 5.95. The summed E-state index contributed by atoms with van der Waals surface area (Å²) >= 11 is 1.07. The number of hydrogen-bond donors (Lipinski definition) is 1. The van der Waals surface area contributed by atoms with E-state index in [4.69, 9.17) is 0 Å². The van der Waals surface area contributed by atoms with Crippen LogP contribution in [0.2, 0.25) is 0 Å². The molecule has 0 atom stereocenters. The van der Waals surface area contributed by atoms with Crippen LogP contribution in [0.25, 0.3) is 10.2 Å². The highest BCUT2D eigenvalue weighted by atomic mass is 32.2. The first kappa shape index (κ1) is 22.7. The molecule has 3 aromatic rings. The second-order valence-corrected chi connectivity index (χ2v) is 11.1. The number of benzene rings is 2. The Morgan fingerprint density at radius 2 is 1.88 bits per heavy atom. The van der Waals surface area contributed by atoms with Crippen molar-refractivity contribution < 1.29 is 13.2 Å². The highest BCUT2D eigenvalue weighted by molar-refractivity contribution is 7.89. The van der Waals surface area contributed by atoms with E-state index in [1.54, 1.807) is 22.8 Å². The number of anilines is 1. The first-order valence-electron chi connectivity index (χ1n) is 10.8. The molecular formula is C23H27N3O4S2. The van der Waals surface area contributed by atoms with Gasteiger partial charge in [0.2, 0.25) is 15.9 Å². The number of carbonyl (C=O) groups is 1. The topological polar surface area (TPSA) is 88.5 Å². The Balaban J connectivity index is 1.46. The van der Waals surface area contributed by atoms with Gasteiger partial charge < -0.3 is 5.32 Å². The molecule has 2 aromatic carbocycles. The van der Waals surface area contributed by atoms with E-state index >= 15 is 0 Å². The molecule has 0 radical (unpaired) electrons. The zero-order valence-electron chi connectivity index (χ0n) is 18.2. The van der Waals surface area contributed by atoms with E-state index in [0.29, 0.717) is 37.2 Å². The van der Waals surface area contributed by atoms with Gasteiger partial charge in [0.1, 0.15) is 0 Å². The Morgan fingerprint density at radius 1 is 1.16 bits per heavy atom. The summed E-state index contributed by atoms with van der Waals surface area (Å²) in [5.74, 6) is -0.295. The molecule has 1 aliphatic rings. The van der Waals surface area contributed by atoms with Crippen molar-refractivity contribution in [2.75, 3.05) is 18.4 Å². The minimum atomic E-state index is -3.69. The Hall–Kier alpha value is -2.49. The molecule has 1 amide bonds. The molecule has 0 spiro atoms. The second kappa shape index (κ2) is 9.17. The second-order valence-electron chi connectivity index (χ2n) is 8.13. The predicted molar refractivity (Wildman–Crippen MR) is 128 cm³/mol. The molecule has 32 heavy (non-hydrogen) atoms. The van der Waals surface area contributed by atoms with Crippen molar-refractivity contribution in [3.63, 3.8) is 0 Å². The number of aromatic nitrogens is 1. The van der Waals surface area contributed by atoms with Gasteiger partial charge in [0.05, 0.1) is 15.1 Å². The fourth-order valence-electron chi connectivity index (χ4n) is 4.10. The van der Waals surface area contributed by atoms with Crippen molar-refractivity contribution in [1.29, 1.82) is 0 Å². The first-order chi connectivity index (χ1) is 15.3. The van der Waals surface area contributed by atoms with Crippen molar-refractivity contribution in [3.8, 4) is 0 Å². The Labute approximate surface area is 191 Å². The lowest BCUT2D eigenvalue weighted by molar-refractivity contribution is -0.120. The summed E-state index contributed by atoms with van der Waals surface area (Å²) in [6.07, 6.45) is 1.77. The predicted octanol–water partition coefficient (Wildman–Crippen LogP) is 3.82. The monoisotopic (exact) mass is 473 g/mol. The Bertz CT molecular complexity index is 1300. The summed E-state index contributed by atoms with van der Waals surface area (Å²) in [5.41, 5.74) is 2.55. The van der Waals surface area contributed by atoms with Crippen LogP contribution in [0.15, 0.2) is 52.2 Å². The van der Waals surface area contributed by atoms with Gasteiger partial charge in [-0.05, 0) is 56.0 Å². The number of aryl methyl sites for hydroxylation is 2. The van der Waals surface area contributed by atoms with Crippen molar-refractivity contribution in [2.24, 2.45) is 5.92 Å². The lowest BCUT2D eigenvalue weighted by Gasteiger charge is -2.30. The van der Waals surface area contributed by atoms with E-state index in [2.05, 4.69) is 5.32 Å². The summed E-state index contributed by atoms with van der Waals surface area (Å²) in [6, 6.07) is 12.5. The summed E-state index contributed by atoms with van der Waals surface area (Å²) in [7, 11) is -3.69. The fourth-order valence-corrected chi connectivity index (χ4v) is 6.63. The van der Waals surface area contributed by atoms with Crippen LogP contribution >= 0.6 is 11.3 Å². The standard InChI is InChI=1S/C23H27N3O4S2/c1-3-12-26-20-9-8-18(15-21(20)31-23(26)28)32(29,30)25-13-10-17(11-14-25)22(27)24-19-7-5-4-6-16(19)2/h4-9,15,17H,3,10-14H2,1-2H3,(H,24,27). The smallest absolute Gasteiger partial charge is 0.308 e. The maximum Gasteiger partial charge on any atom is 0.308 e. The third kappa shape index (κ3) is 4.37. The number of hydrogen-bond acceptors (Lipinski definition) is 5. The van der Waals surface area contributed by atoms with Gasteiger partial charge in [0.15, 0.2) is 0 Å². The number of nitrogens with zero attached hydrogens (tertiary/aromatic N) is 2. The molecule has 2 heterocycles. The van der Waals surface area contributed by atoms with Crippen LogP contribution in [-0.2, 0) is 21.4 Å². The van der Waals surface area contributed by atoms with Gasteiger partial charge in [0, 0.05) is 31.2 Å². The van der Waals surface area contributed by atoms with Crippen LogP contribution in [0.1, 0.15) is 31.7 Å². The van der Waals surface area contributed by atoms with Crippen molar-refractivity contribution in [2.45, 2.75) is 44.6 Å². The van der Waals surface area contributed by atoms with Crippen LogP contribution in [0, 0.1) is 12.8 Å². The average Bonchev–Trinajstić information content (AvgIpc) is 3.10. The molecule has 0 saturated carbocycles. The zero-order chi connectivity index (χ0) is 22.9. The number of carbonyl (C=O) groups excluding carboxylic acids is 1. The molecule has 170 valence electrons. The third-order valence-corrected chi connectivity index (χ3v) is 8.79. The van der Waals surface area contributed by atoms with Gasteiger partial charge in [-0.25, -0.2) is 8.42 Å². The van der Waals surface area contributed by atoms with Gasteiger partial charge in [-0.2, -0.15) is 4.31 Å². The Morgan fingerprint density at radius 3 is 2.56 bits per heavy atom. The SMILES string of the molecule is CCCn1c(=O)sc2cc(S(=O)(=O)N3CCC(C(=O)Nc4ccccc4C)CC3)ccc21. The van der Waals surface area contributed by atoms with Crippen molar-refractivity contribution >= 4 is 43.2 Å². The molecule has 1 aromatic heterocycles. The normalized spacial score (nSPS) is 15.8. The highest BCUT2D eigenvalue weighted by Gasteiger charge is 2.32. The number of para-hydroxylation sites is 1. The van der Waals surface area contributed by atoms with Crippen LogP contribution in [0.3, 0.4) is 0 Å². The number of thiazole rings is 1. The number of piperidine rings is 1. The van der Waals surface area contributed by atoms with E-state index in [1.807, 2.05) is 38.1 Å². The molecule has 1 fully saturated rings. The molecule has 1 N–H and O–H groups in total. The molecule has 1 saturated heterocycles. The van der Waals surface area contributed by atoms with E-state index in [-0.39, 0.29) is 21.6 Å². The van der Waals surface area contributed by atoms with Gasteiger partial charge in [0.25, 0.3) is 0 Å².